The van der Waals surface area contributed by atoms with Gasteiger partial charge >= 0.3 is 5.88 Å². The van der Waals surface area contributed by atoms with E-state index in [0.29, 0.717) is 63.3 Å². The van der Waals surface area contributed by atoms with E-state index >= 15 is 13.6 Å². The van der Waals surface area contributed by atoms with Gasteiger partial charge in [0.1, 0.15) is 29.2 Å². The molecule has 18 heteroatoms. The lowest BCUT2D eigenvalue weighted by Gasteiger charge is -2.36. The summed E-state index contributed by atoms with van der Waals surface area (Å²) in [5.74, 6) is 2.26. The molecular formula is C52H48F2N10O6. The highest BCUT2D eigenvalue weighted by Gasteiger charge is 2.63. The van der Waals surface area contributed by atoms with E-state index in [1.54, 1.807) is 70.9 Å². The number of nitrogens with zero attached hydrogens (tertiary/aromatic N) is 9. The van der Waals surface area contributed by atoms with Gasteiger partial charge in [0, 0.05) is 54.4 Å². The lowest BCUT2D eigenvalue weighted by atomic mass is 9.83. The van der Waals surface area contributed by atoms with Crippen LogP contribution in [0.15, 0.2) is 83.8 Å². The Hall–Kier alpha value is -7.65. The first-order valence-corrected chi connectivity index (χ1v) is 23.6. The fourth-order valence-electron chi connectivity index (χ4n) is 11.4. The second-order valence-electron chi connectivity index (χ2n) is 20.0. The number of carbonyl (C=O) groups excluding carboxylic acids is 4. The van der Waals surface area contributed by atoms with Crippen LogP contribution in [0.25, 0.3) is 27.5 Å². The number of halogens is 2. The molecule has 70 heavy (non-hydrogen) atoms. The number of carbonyl (C=O) groups is 2. The van der Waals surface area contributed by atoms with Crippen LogP contribution in [0, 0.1) is 31.4 Å². The molecule has 0 radical (unpaired) electrons. The van der Waals surface area contributed by atoms with Crippen molar-refractivity contribution in [1.29, 1.82) is 0 Å². The maximum Gasteiger partial charge on any atom is 0.332 e. The Morgan fingerprint density at radius 1 is 0.943 bits per heavy atom. The standard InChI is InChI=1S/C52H48F2N10O6/c1-28-18-36(19-29(2)46(28)53)64-48(61-16-15-60(44(61)27-67)41-11-10-40-37(47(41)54)24-55-63(40)35-7-8-35)45-30(3)59(14-12-38(45)57-64)49(68)42-21-33-20-31(32-13-17-69-51(4,5)22-32)6-9-39(33)62(42)52(23-34(52)25-65)50-56-43(26-66)70-58-50/h6,9-11,15-16,18-21,24-25,30,32,34-35H,7-8,12-14,17,22-23H2,1-5H3,(H,56,58)/t30-,32-,34+,52-/m0/s1. The van der Waals surface area contributed by atoms with E-state index in [9.17, 15) is 14.4 Å². The molecule has 1 amide bonds. The van der Waals surface area contributed by atoms with Crippen molar-refractivity contribution in [3.05, 3.63) is 124 Å². The molecule has 4 aliphatic heterocycles. The van der Waals surface area contributed by atoms with Crippen molar-refractivity contribution in [3.8, 4) is 5.69 Å². The van der Waals surface area contributed by atoms with Crippen molar-refractivity contribution in [2.24, 2.45) is 10.9 Å². The Morgan fingerprint density at radius 3 is 2.41 bits per heavy atom. The molecule has 3 aromatic heterocycles. The van der Waals surface area contributed by atoms with Crippen molar-refractivity contribution >= 4 is 63.2 Å². The summed E-state index contributed by atoms with van der Waals surface area (Å²) in [6, 6.07) is 14.3. The van der Waals surface area contributed by atoms with E-state index in [2.05, 4.69) is 47.5 Å². The van der Waals surface area contributed by atoms with Gasteiger partial charge in [0.05, 0.1) is 51.9 Å². The molecule has 1 N–H and O–H groups in total. The van der Waals surface area contributed by atoms with Gasteiger partial charge in [0.15, 0.2) is 23.5 Å². The molecule has 2 aliphatic carbocycles. The minimum Gasteiger partial charge on any atom is -0.376 e. The molecule has 7 heterocycles. The van der Waals surface area contributed by atoms with E-state index in [0.717, 1.165) is 42.9 Å². The van der Waals surface area contributed by atoms with Crippen LogP contribution in [0.4, 0.5) is 20.3 Å². The van der Waals surface area contributed by atoms with Crippen LogP contribution in [0.2, 0.25) is 0 Å². The zero-order valence-electron chi connectivity index (χ0n) is 39.1. The molecule has 12 rings (SSSR count). The maximum absolute atomic E-state index is 16.6. The number of nitrogens with one attached hydrogen (secondary N) is 1. The molecule has 6 aromatic rings. The average molecular weight is 947 g/mol. The minimum absolute atomic E-state index is 0.0572. The van der Waals surface area contributed by atoms with Gasteiger partial charge in [0.25, 0.3) is 5.91 Å². The molecule has 16 nitrogen and oxygen atoms in total. The number of fused-ring (bicyclic) bond motifs is 3. The number of ether oxygens (including phenoxy) is 1. The highest BCUT2D eigenvalue weighted by Crippen LogP contribution is 2.54. The number of hydrogen-bond acceptors (Lipinski definition) is 12. The van der Waals surface area contributed by atoms with Crippen LogP contribution in [0.5, 0.6) is 0 Å². The normalized spacial score (nSPS) is 23.6. The summed E-state index contributed by atoms with van der Waals surface area (Å²) in [6.45, 7) is 10.2. The number of aryl methyl sites for hydroxylation is 2. The Morgan fingerprint density at radius 2 is 1.71 bits per heavy atom. The van der Waals surface area contributed by atoms with Gasteiger partial charge in [-0.3, -0.25) is 19.3 Å². The lowest BCUT2D eigenvalue weighted by molar-refractivity contribution is -0.109. The highest BCUT2D eigenvalue weighted by atomic mass is 19.1. The van der Waals surface area contributed by atoms with Crippen LogP contribution in [0.3, 0.4) is 0 Å². The first kappa shape index (κ1) is 43.6. The smallest absolute Gasteiger partial charge is 0.332 e. The van der Waals surface area contributed by atoms with E-state index in [-0.39, 0.29) is 71.2 Å². The fraction of sp³-hybridized carbons (Fsp3) is 0.365. The lowest BCUT2D eigenvalue weighted by Crippen LogP contribution is -2.43. The second kappa shape index (κ2) is 15.7. The van der Waals surface area contributed by atoms with E-state index in [1.165, 1.54) is 11.1 Å². The number of hydrogen-bond donors (Lipinski definition) is 1. The summed E-state index contributed by atoms with van der Waals surface area (Å²) in [4.78, 5) is 68.0. The molecule has 0 bridgehead atoms. The first-order valence-electron chi connectivity index (χ1n) is 23.6. The number of aldehydes is 1. The molecule has 0 unspecified atom stereocenters. The van der Waals surface area contributed by atoms with E-state index in [4.69, 9.17) is 14.7 Å². The zero-order valence-corrected chi connectivity index (χ0v) is 39.1. The zero-order chi connectivity index (χ0) is 48.5. The second-order valence-corrected chi connectivity index (χ2v) is 20.0. The van der Waals surface area contributed by atoms with Gasteiger partial charge in [-0.25, -0.2) is 28.5 Å². The number of anilines is 2. The van der Waals surface area contributed by atoms with Gasteiger partial charge < -0.3 is 23.8 Å². The van der Waals surface area contributed by atoms with Crippen LogP contribution >= 0.6 is 0 Å². The van der Waals surface area contributed by atoms with Gasteiger partial charge in [-0.1, -0.05) is 6.07 Å². The number of amides is 1. The molecule has 3 aromatic carbocycles. The highest BCUT2D eigenvalue weighted by molar-refractivity contribution is 6.05. The molecule has 3 fully saturated rings. The van der Waals surface area contributed by atoms with Gasteiger partial charge in [-0.2, -0.15) is 15.2 Å². The molecule has 2 saturated carbocycles. The van der Waals surface area contributed by atoms with Crippen molar-refractivity contribution in [2.45, 2.75) is 102 Å². The molecule has 6 aliphatic rings. The third-order valence-electron chi connectivity index (χ3n) is 15.1. The van der Waals surface area contributed by atoms with Crippen LogP contribution in [-0.4, -0.2) is 77.7 Å². The fourth-order valence-corrected chi connectivity index (χ4v) is 11.4. The Labute approximate surface area is 400 Å². The Balaban J connectivity index is 0.980. The quantitative estimate of drug-likeness (QED) is 0.111. The summed E-state index contributed by atoms with van der Waals surface area (Å²) in [5.41, 5.74) is 6.60. The van der Waals surface area contributed by atoms with Crippen molar-refractivity contribution in [1.82, 2.24) is 34.5 Å². The van der Waals surface area contributed by atoms with Gasteiger partial charge in [-0.15, -0.1) is 0 Å². The number of hydroxylamine groups is 1. The monoisotopic (exact) mass is 946 g/mol. The van der Waals surface area contributed by atoms with Crippen molar-refractivity contribution in [3.63, 3.8) is 0 Å². The summed E-state index contributed by atoms with van der Waals surface area (Å²) in [5, 5.41) is 10.7. The third-order valence-corrected chi connectivity index (χ3v) is 15.1. The molecule has 1 saturated heterocycles. The molecule has 4 atom stereocenters. The molecule has 0 spiro atoms. The van der Waals surface area contributed by atoms with Crippen LogP contribution < -0.4 is 15.3 Å². The average Bonchev–Trinajstić information content (AvgIpc) is 3.89. The summed E-state index contributed by atoms with van der Waals surface area (Å²) in [6.07, 6.45) is 9.71. The third kappa shape index (κ3) is 6.54. The predicted octanol–water partition coefficient (Wildman–Crippen LogP) is 7.83. The molecular weight excluding hydrogens is 899 g/mol. The number of aliphatic imine (C=N–C) groups is 1. The summed E-state index contributed by atoms with van der Waals surface area (Å²) >= 11 is 0. The first-order chi connectivity index (χ1) is 33.7. The topological polar surface area (TPSA) is 161 Å². The number of rotatable bonds is 9. The van der Waals surface area contributed by atoms with Gasteiger partial charge in [-0.05, 0) is 132 Å². The van der Waals surface area contributed by atoms with Gasteiger partial charge in [0.2, 0.25) is 5.82 Å². The summed E-state index contributed by atoms with van der Waals surface area (Å²) in [7, 11) is 0. The van der Waals surface area contributed by atoms with Crippen molar-refractivity contribution < 1.29 is 37.5 Å². The van der Waals surface area contributed by atoms with Crippen LogP contribution in [-0.2, 0) is 35.9 Å². The Kier molecular flexibility index (Phi) is 9.77. The SMILES string of the molecule is Cc1cc(-n2nc3c(c2N2C=CN(c4ccc5c(cnn5C5CC5)c4F)C2=C=O)[C@H](C)N(C(=O)c2cc4cc([C@H]5CCOC(C)(C)C5)ccc4n2[C@@]2(C4=NC(=C=O)ON4)C[C@@H]2C=O)CC3)cc(C)c1F. The summed E-state index contributed by atoms with van der Waals surface area (Å²) < 4.78 is 43.2. The van der Waals surface area contributed by atoms with Crippen LogP contribution in [0.1, 0.15) is 109 Å². The predicted molar refractivity (Wildman–Crippen MR) is 254 cm³/mol. The van der Waals surface area contributed by atoms with Crippen molar-refractivity contribution in [2.75, 3.05) is 23.0 Å². The largest absolute Gasteiger partial charge is 0.376 e. The number of amidine groups is 1. The maximum atomic E-state index is 16.6. The van der Waals surface area contributed by atoms with E-state index in [1.807, 2.05) is 28.3 Å². The molecule has 356 valence electrons. The minimum atomic E-state index is -1.20. The number of aromatic nitrogens is 5. The Bertz CT molecular complexity index is 3420. The van der Waals surface area contributed by atoms with E-state index < -0.39 is 23.3 Å². The number of benzene rings is 3.